The summed E-state index contributed by atoms with van der Waals surface area (Å²) in [6.07, 6.45) is 0. The zero-order valence-electron chi connectivity index (χ0n) is 4.05. The van der Waals surface area contributed by atoms with Crippen LogP contribution in [0.1, 0.15) is 0 Å². The highest BCUT2D eigenvalue weighted by Gasteiger charge is 2.10. The Labute approximate surface area is 50.9 Å². The number of carboxylic acid groups (broad SMARTS) is 1. The second kappa shape index (κ2) is 2.19. The first-order chi connectivity index (χ1) is 3.80. The molecule has 1 heterocycles. The summed E-state index contributed by atoms with van der Waals surface area (Å²) in [7, 11) is 0. The van der Waals surface area contributed by atoms with Gasteiger partial charge in [0.1, 0.15) is 0 Å². The van der Waals surface area contributed by atoms with Crippen LogP contribution in [0.25, 0.3) is 0 Å². The Bertz CT molecular complexity index is 143. The van der Waals surface area contributed by atoms with E-state index >= 15 is 0 Å². The summed E-state index contributed by atoms with van der Waals surface area (Å²) in [6.45, 7) is 0.472. The van der Waals surface area contributed by atoms with Crippen molar-refractivity contribution in [2.45, 2.75) is 0 Å². The van der Waals surface area contributed by atoms with Gasteiger partial charge < -0.3 is 5.11 Å². The van der Waals surface area contributed by atoms with E-state index in [9.17, 15) is 4.79 Å². The van der Waals surface area contributed by atoms with Gasteiger partial charge in [-0.1, -0.05) is 11.9 Å². The molecule has 0 fully saturated rings. The third-order valence-corrected chi connectivity index (χ3v) is 1.54. The van der Waals surface area contributed by atoms with Gasteiger partial charge in [-0.25, -0.2) is 4.79 Å². The van der Waals surface area contributed by atoms with Crippen molar-refractivity contribution in [3.05, 3.63) is 11.0 Å². The predicted octanol–water partition coefficient (Wildman–Crippen LogP) is 0.206. The lowest BCUT2D eigenvalue weighted by Crippen LogP contribution is -2.07. The molecule has 0 aromatic rings. The molecule has 0 aromatic carbocycles. The number of rotatable bonds is 1. The van der Waals surface area contributed by atoms with Crippen molar-refractivity contribution in [3.8, 4) is 0 Å². The molecule has 1 rings (SSSR count). The highest BCUT2D eigenvalue weighted by atomic mass is 32.2. The van der Waals surface area contributed by atoms with Gasteiger partial charge in [0, 0.05) is 6.54 Å². The highest BCUT2D eigenvalue weighted by molar-refractivity contribution is 8.00. The van der Waals surface area contributed by atoms with Gasteiger partial charge in [0.2, 0.25) is 0 Å². The Hall–Kier alpha value is -0.480. The molecule has 0 saturated heterocycles. The fourth-order valence-corrected chi connectivity index (χ4v) is 1.05. The molecule has 8 heavy (non-hydrogen) atoms. The lowest BCUT2D eigenvalue weighted by molar-refractivity contribution is -0.132. The van der Waals surface area contributed by atoms with Gasteiger partial charge in [0.25, 0.3) is 0 Å². The largest absolute Gasteiger partial charge is 0.478 e. The van der Waals surface area contributed by atoms with E-state index in [1.165, 1.54) is 11.9 Å². The number of aliphatic carboxylic acids is 1. The van der Waals surface area contributed by atoms with E-state index in [0.717, 1.165) is 0 Å². The van der Waals surface area contributed by atoms with Gasteiger partial charge in [-0.2, -0.15) is 0 Å². The molecule has 1 aliphatic heterocycles. The summed E-state index contributed by atoms with van der Waals surface area (Å²) in [4.78, 5) is 10.1. The molecule has 0 aliphatic carbocycles. The van der Waals surface area contributed by atoms with Crippen molar-refractivity contribution < 1.29 is 9.90 Å². The van der Waals surface area contributed by atoms with Crippen LogP contribution in [0, 0.1) is 0 Å². The van der Waals surface area contributed by atoms with Crippen molar-refractivity contribution in [2.75, 3.05) is 6.54 Å². The first-order valence-corrected chi connectivity index (χ1v) is 2.99. The Balaban J connectivity index is 2.57. The number of carboxylic acids is 1. The maximum atomic E-state index is 10.1. The van der Waals surface area contributed by atoms with Crippen LogP contribution in [0.4, 0.5) is 0 Å². The second-order valence-electron chi connectivity index (χ2n) is 1.39. The lowest BCUT2D eigenvalue weighted by atomic mass is 10.3. The molecule has 0 atom stereocenters. The first-order valence-electron chi connectivity index (χ1n) is 2.11. The summed E-state index contributed by atoms with van der Waals surface area (Å²) in [5, 5.41) is 9.89. The van der Waals surface area contributed by atoms with E-state index in [-0.39, 0.29) is 0 Å². The monoisotopic (exact) mass is 131 g/mol. The minimum absolute atomic E-state index is 0.440. The summed E-state index contributed by atoms with van der Waals surface area (Å²) in [5.74, 6) is -0.831. The van der Waals surface area contributed by atoms with Gasteiger partial charge in [0.15, 0.2) is 0 Å². The molecule has 0 unspecified atom stereocenters. The highest BCUT2D eigenvalue weighted by Crippen LogP contribution is 2.10. The molecule has 0 radical (unpaired) electrons. The third-order valence-electron chi connectivity index (χ3n) is 0.822. The third kappa shape index (κ3) is 1.02. The van der Waals surface area contributed by atoms with E-state index in [4.69, 9.17) is 5.11 Å². The molecule has 1 aliphatic rings. The molecule has 2 N–H and O–H groups in total. The van der Waals surface area contributed by atoms with E-state index in [2.05, 4.69) is 4.72 Å². The van der Waals surface area contributed by atoms with Crippen LogP contribution in [-0.4, -0.2) is 17.6 Å². The molecule has 0 spiro atoms. The average molecular weight is 131 g/mol. The Morgan fingerprint density at radius 1 is 2.00 bits per heavy atom. The molecule has 3 nitrogen and oxygen atoms in total. The topological polar surface area (TPSA) is 49.3 Å². The SMILES string of the molecule is O=C(O)C1=CSNC1. The molecule has 0 aromatic heterocycles. The van der Waals surface area contributed by atoms with Gasteiger partial charge in [-0.3, -0.25) is 4.72 Å². The standard InChI is InChI=1S/C4H5NO2S/c6-4(7)3-1-5-8-2-3/h2,5H,1H2,(H,6,7). The summed E-state index contributed by atoms with van der Waals surface area (Å²) in [6, 6.07) is 0. The molecular weight excluding hydrogens is 126 g/mol. The molecule has 0 amide bonds. The van der Waals surface area contributed by atoms with Crippen LogP contribution < -0.4 is 4.72 Å². The van der Waals surface area contributed by atoms with Gasteiger partial charge in [-0.15, -0.1) is 0 Å². The maximum absolute atomic E-state index is 10.1. The van der Waals surface area contributed by atoms with Crippen molar-refractivity contribution in [1.29, 1.82) is 0 Å². The Morgan fingerprint density at radius 3 is 3.00 bits per heavy atom. The number of hydrogen-bond acceptors (Lipinski definition) is 3. The molecular formula is C4H5NO2S. The van der Waals surface area contributed by atoms with Crippen molar-refractivity contribution >= 4 is 17.9 Å². The fourth-order valence-electron chi connectivity index (χ4n) is 0.400. The summed E-state index contributed by atoms with van der Waals surface area (Å²) < 4.78 is 2.80. The van der Waals surface area contributed by atoms with E-state index in [1.807, 2.05) is 0 Å². The predicted molar refractivity (Wildman–Crippen MR) is 31.3 cm³/mol. The van der Waals surface area contributed by atoms with Crippen LogP contribution in [0.15, 0.2) is 11.0 Å². The molecule has 0 saturated carbocycles. The lowest BCUT2D eigenvalue weighted by Gasteiger charge is -1.87. The van der Waals surface area contributed by atoms with E-state index < -0.39 is 5.97 Å². The minimum atomic E-state index is -0.831. The van der Waals surface area contributed by atoms with Gasteiger partial charge in [-0.05, 0) is 5.41 Å². The first kappa shape index (κ1) is 5.65. The van der Waals surface area contributed by atoms with Crippen LogP contribution >= 0.6 is 11.9 Å². The van der Waals surface area contributed by atoms with E-state index in [0.29, 0.717) is 12.1 Å². The fraction of sp³-hybridized carbons (Fsp3) is 0.250. The molecule has 44 valence electrons. The van der Waals surface area contributed by atoms with Crippen LogP contribution in [0.5, 0.6) is 0 Å². The number of nitrogens with one attached hydrogen (secondary N) is 1. The Morgan fingerprint density at radius 2 is 2.75 bits per heavy atom. The van der Waals surface area contributed by atoms with Gasteiger partial charge in [0.05, 0.1) is 5.57 Å². The number of hydrogen-bond donors (Lipinski definition) is 2. The summed E-state index contributed by atoms with van der Waals surface area (Å²) in [5.41, 5.74) is 0.440. The van der Waals surface area contributed by atoms with Gasteiger partial charge >= 0.3 is 5.97 Å². The maximum Gasteiger partial charge on any atom is 0.333 e. The molecule has 0 bridgehead atoms. The average Bonchev–Trinajstić information content (AvgIpc) is 2.12. The smallest absolute Gasteiger partial charge is 0.333 e. The van der Waals surface area contributed by atoms with E-state index in [1.54, 1.807) is 5.41 Å². The normalized spacial score (nSPS) is 18.2. The Kier molecular flexibility index (Phi) is 1.55. The number of carbonyl (C=O) groups is 1. The quantitative estimate of drug-likeness (QED) is 0.499. The molecule has 4 heteroatoms. The second-order valence-corrected chi connectivity index (χ2v) is 2.15. The van der Waals surface area contributed by atoms with Crippen molar-refractivity contribution in [2.24, 2.45) is 0 Å². The van der Waals surface area contributed by atoms with Crippen LogP contribution in [-0.2, 0) is 4.79 Å². The minimum Gasteiger partial charge on any atom is -0.478 e. The van der Waals surface area contributed by atoms with Crippen molar-refractivity contribution in [1.82, 2.24) is 4.72 Å². The zero-order chi connectivity index (χ0) is 5.98. The summed E-state index contributed by atoms with van der Waals surface area (Å²) >= 11 is 1.32. The zero-order valence-corrected chi connectivity index (χ0v) is 4.86. The van der Waals surface area contributed by atoms with Crippen molar-refractivity contribution in [3.63, 3.8) is 0 Å². The van der Waals surface area contributed by atoms with Crippen LogP contribution in [0.3, 0.4) is 0 Å². The van der Waals surface area contributed by atoms with Crippen LogP contribution in [0.2, 0.25) is 0 Å².